The number of nitriles is 1. The van der Waals surface area contributed by atoms with Crippen LogP contribution >= 0.6 is 0 Å². The number of carbonyl (C=O) groups is 1. The summed E-state index contributed by atoms with van der Waals surface area (Å²) in [5, 5.41) is 8.31. The molecule has 1 rings (SSSR count). The number of esters is 1. The number of hydrogen-bond acceptors (Lipinski definition) is 3. The minimum absolute atomic E-state index is 0.142. The summed E-state index contributed by atoms with van der Waals surface area (Å²) in [6.07, 6.45) is 0.340. The molecule has 0 unspecified atom stereocenters. The molecule has 0 saturated carbocycles. The fourth-order valence-electron chi connectivity index (χ4n) is 1.33. The summed E-state index contributed by atoms with van der Waals surface area (Å²) < 4.78 is 5.09. The zero-order valence-electron chi connectivity index (χ0n) is 8.91. The van der Waals surface area contributed by atoms with Crippen molar-refractivity contribution in [3.8, 4) is 11.8 Å². The lowest BCUT2D eigenvalue weighted by molar-refractivity contribution is -0.134. The lowest BCUT2D eigenvalue weighted by Gasteiger charge is -2.05. The quantitative estimate of drug-likeness (QED) is 0.560. The predicted octanol–water partition coefficient (Wildman–Crippen LogP) is 2.51. The van der Waals surface area contributed by atoms with Crippen molar-refractivity contribution in [2.24, 2.45) is 0 Å². The van der Waals surface area contributed by atoms with E-state index in [0.29, 0.717) is 5.75 Å². The van der Waals surface area contributed by atoms with Gasteiger partial charge in [0.1, 0.15) is 5.75 Å². The van der Waals surface area contributed by atoms with E-state index in [4.69, 9.17) is 10.00 Å². The Morgan fingerprint density at radius 3 is 2.47 bits per heavy atom. The van der Waals surface area contributed by atoms with Crippen molar-refractivity contribution in [2.45, 2.75) is 26.7 Å². The van der Waals surface area contributed by atoms with Gasteiger partial charge in [-0.2, -0.15) is 5.26 Å². The van der Waals surface area contributed by atoms with Gasteiger partial charge >= 0.3 is 5.97 Å². The van der Waals surface area contributed by atoms with Crippen LogP contribution in [0.5, 0.6) is 5.75 Å². The average Bonchev–Trinajstić information content (AvgIpc) is 2.13. The van der Waals surface area contributed by atoms with Crippen LogP contribution in [-0.2, 0) is 4.79 Å². The molecule has 0 aromatic heterocycles. The Kier molecular flexibility index (Phi) is 3.87. The Morgan fingerprint density at radius 2 is 1.93 bits per heavy atom. The van der Waals surface area contributed by atoms with E-state index in [1.165, 1.54) is 0 Å². The van der Waals surface area contributed by atoms with Crippen LogP contribution in [-0.4, -0.2) is 5.97 Å². The van der Waals surface area contributed by atoms with Crippen molar-refractivity contribution in [2.75, 3.05) is 0 Å². The largest absolute Gasteiger partial charge is 0.426 e. The van der Waals surface area contributed by atoms with Crippen LogP contribution in [0, 0.1) is 25.2 Å². The second-order valence-corrected chi connectivity index (χ2v) is 3.46. The Labute approximate surface area is 89.3 Å². The predicted molar refractivity (Wildman–Crippen MR) is 56.4 cm³/mol. The highest BCUT2D eigenvalue weighted by molar-refractivity contribution is 5.72. The van der Waals surface area contributed by atoms with Crippen LogP contribution < -0.4 is 4.74 Å². The third kappa shape index (κ3) is 3.82. The first kappa shape index (κ1) is 11.3. The normalized spacial score (nSPS) is 9.40. The summed E-state index contributed by atoms with van der Waals surface area (Å²) in [7, 11) is 0. The van der Waals surface area contributed by atoms with Crippen molar-refractivity contribution in [3.63, 3.8) is 0 Å². The number of hydrogen-bond donors (Lipinski definition) is 0. The molecule has 0 aliphatic rings. The zero-order chi connectivity index (χ0) is 11.3. The summed E-state index contributed by atoms with van der Waals surface area (Å²) in [6, 6.07) is 7.52. The van der Waals surface area contributed by atoms with Crippen molar-refractivity contribution in [3.05, 3.63) is 29.3 Å². The lowest BCUT2D eigenvalue weighted by Crippen LogP contribution is -2.07. The molecule has 1 aromatic rings. The monoisotopic (exact) mass is 203 g/mol. The van der Waals surface area contributed by atoms with Gasteiger partial charge in [-0.1, -0.05) is 6.07 Å². The number of ether oxygens (including phenoxy) is 1. The molecule has 1 aromatic carbocycles. The van der Waals surface area contributed by atoms with Gasteiger partial charge in [-0.25, -0.2) is 0 Å². The molecular weight excluding hydrogens is 190 g/mol. The van der Waals surface area contributed by atoms with Gasteiger partial charge in [-0.05, 0) is 37.1 Å². The molecule has 3 heteroatoms. The molecule has 15 heavy (non-hydrogen) atoms. The second-order valence-electron chi connectivity index (χ2n) is 3.46. The minimum atomic E-state index is -0.360. The van der Waals surface area contributed by atoms with Crippen molar-refractivity contribution in [1.82, 2.24) is 0 Å². The molecule has 0 radical (unpaired) electrons. The van der Waals surface area contributed by atoms with Gasteiger partial charge < -0.3 is 4.74 Å². The summed E-state index contributed by atoms with van der Waals surface area (Å²) in [5.41, 5.74) is 2.11. The Bertz CT molecular complexity index is 384. The van der Waals surface area contributed by atoms with E-state index >= 15 is 0 Å². The number of carbonyl (C=O) groups excluding carboxylic acids is 1. The topological polar surface area (TPSA) is 50.1 Å². The van der Waals surface area contributed by atoms with Crippen LogP contribution in [0.15, 0.2) is 18.2 Å². The van der Waals surface area contributed by atoms with Gasteiger partial charge in [0.05, 0.1) is 12.5 Å². The SMILES string of the molecule is Cc1cc(C)cc(OC(=O)CCC#N)c1. The van der Waals surface area contributed by atoms with E-state index in [0.717, 1.165) is 11.1 Å². The maximum absolute atomic E-state index is 11.2. The van der Waals surface area contributed by atoms with Crippen LogP contribution in [0.25, 0.3) is 0 Å². The minimum Gasteiger partial charge on any atom is -0.426 e. The molecule has 0 saturated heterocycles. The van der Waals surface area contributed by atoms with Crippen LogP contribution in [0.3, 0.4) is 0 Å². The number of nitrogens with zero attached hydrogens (tertiary/aromatic N) is 1. The van der Waals surface area contributed by atoms with Gasteiger partial charge in [0.25, 0.3) is 0 Å². The first-order chi connectivity index (χ1) is 7.11. The molecule has 0 fully saturated rings. The van der Waals surface area contributed by atoms with Crippen molar-refractivity contribution in [1.29, 1.82) is 5.26 Å². The first-order valence-corrected chi connectivity index (χ1v) is 4.78. The summed E-state index contributed by atoms with van der Waals surface area (Å²) >= 11 is 0. The van der Waals surface area contributed by atoms with Crippen molar-refractivity contribution >= 4 is 5.97 Å². The fourth-order valence-corrected chi connectivity index (χ4v) is 1.33. The van der Waals surface area contributed by atoms with Crippen LogP contribution in [0.4, 0.5) is 0 Å². The Morgan fingerprint density at radius 1 is 1.33 bits per heavy atom. The second kappa shape index (κ2) is 5.16. The molecule has 0 spiro atoms. The smallest absolute Gasteiger partial charge is 0.312 e. The van der Waals surface area contributed by atoms with E-state index in [-0.39, 0.29) is 18.8 Å². The van der Waals surface area contributed by atoms with E-state index in [9.17, 15) is 4.79 Å². The van der Waals surface area contributed by atoms with Crippen LogP contribution in [0.2, 0.25) is 0 Å². The highest BCUT2D eigenvalue weighted by atomic mass is 16.5. The lowest BCUT2D eigenvalue weighted by atomic mass is 10.1. The molecule has 0 aliphatic carbocycles. The van der Waals surface area contributed by atoms with Gasteiger partial charge in [0.2, 0.25) is 0 Å². The number of rotatable bonds is 3. The fraction of sp³-hybridized carbons (Fsp3) is 0.333. The molecule has 3 nitrogen and oxygen atoms in total. The van der Waals surface area contributed by atoms with E-state index in [1.54, 1.807) is 12.1 Å². The summed E-state index contributed by atoms with van der Waals surface area (Å²) in [6.45, 7) is 3.89. The highest BCUT2D eigenvalue weighted by Crippen LogP contribution is 2.16. The van der Waals surface area contributed by atoms with Crippen molar-refractivity contribution < 1.29 is 9.53 Å². The molecule has 0 heterocycles. The maximum atomic E-state index is 11.2. The van der Waals surface area contributed by atoms with Gasteiger partial charge in [-0.15, -0.1) is 0 Å². The molecular formula is C12H13NO2. The first-order valence-electron chi connectivity index (χ1n) is 4.78. The molecule has 78 valence electrons. The number of aryl methyl sites for hydroxylation is 2. The maximum Gasteiger partial charge on any atom is 0.312 e. The molecule has 0 bridgehead atoms. The standard InChI is InChI=1S/C12H13NO2/c1-9-6-10(2)8-11(7-9)15-12(14)4-3-5-13/h6-8H,3-4H2,1-2H3. The third-order valence-electron chi connectivity index (χ3n) is 1.87. The molecule has 0 atom stereocenters. The Hall–Kier alpha value is -1.82. The zero-order valence-corrected chi connectivity index (χ0v) is 8.91. The van der Waals surface area contributed by atoms with E-state index < -0.39 is 0 Å². The van der Waals surface area contributed by atoms with Gasteiger partial charge in [-0.3, -0.25) is 4.79 Å². The number of benzene rings is 1. The Balaban J connectivity index is 2.65. The molecule has 0 amide bonds. The molecule has 0 N–H and O–H groups in total. The van der Waals surface area contributed by atoms with Gasteiger partial charge in [0.15, 0.2) is 0 Å². The summed E-state index contributed by atoms with van der Waals surface area (Å²) in [5.74, 6) is 0.192. The summed E-state index contributed by atoms with van der Waals surface area (Å²) in [4.78, 5) is 11.2. The highest BCUT2D eigenvalue weighted by Gasteiger charge is 2.04. The van der Waals surface area contributed by atoms with E-state index in [2.05, 4.69) is 0 Å². The third-order valence-corrected chi connectivity index (χ3v) is 1.87. The van der Waals surface area contributed by atoms with E-state index in [1.807, 2.05) is 26.0 Å². The average molecular weight is 203 g/mol. The van der Waals surface area contributed by atoms with Crippen LogP contribution in [0.1, 0.15) is 24.0 Å². The molecule has 0 aliphatic heterocycles. The van der Waals surface area contributed by atoms with Gasteiger partial charge in [0, 0.05) is 6.42 Å².